The van der Waals surface area contributed by atoms with Crippen molar-refractivity contribution < 1.29 is 18.7 Å². The van der Waals surface area contributed by atoms with Crippen LogP contribution in [0.15, 0.2) is 40.9 Å². The minimum Gasteiger partial charge on any atom is -0.497 e. The van der Waals surface area contributed by atoms with E-state index in [1.807, 2.05) is 0 Å². The van der Waals surface area contributed by atoms with Gasteiger partial charge in [0.25, 0.3) is 0 Å². The van der Waals surface area contributed by atoms with Gasteiger partial charge in [0.2, 0.25) is 0 Å². The summed E-state index contributed by atoms with van der Waals surface area (Å²) in [6.45, 7) is 0. The maximum Gasteiger partial charge on any atom is 0.167 e. The van der Waals surface area contributed by atoms with Gasteiger partial charge in [-0.3, -0.25) is 4.79 Å². The van der Waals surface area contributed by atoms with Crippen molar-refractivity contribution in [2.45, 2.75) is 6.42 Å². The Hall–Kier alpha value is -1.88. The van der Waals surface area contributed by atoms with Crippen molar-refractivity contribution in [1.82, 2.24) is 0 Å². The first-order valence-electron chi connectivity index (χ1n) is 6.23. The van der Waals surface area contributed by atoms with Crippen LogP contribution in [0.3, 0.4) is 0 Å². The second kappa shape index (κ2) is 6.72. The third-order valence-electron chi connectivity index (χ3n) is 3.02. The topological polar surface area (TPSA) is 35.5 Å². The van der Waals surface area contributed by atoms with Gasteiger partial charge in [-0.2, -0.15) is 0 Å². The lowest BCUT2D eigenvalue weighted by atomic mass is 10.0. The van der Waals surface area contributed by atoms with Crippen LogP contribution in [-0.4, -0.2) is 20.0 Å². The summed E-state index contributed by atoms with van der Waals surface area (Å²) in [6, 6.07) is 9.54. The summed E-state index contributed by atoms with van der Waals surface area (Å²) in [5.41, 5.74) is 1.22. The highest BCUT2D eigenvalue weighted by molar-refractivity contribution is 9.10. The molecule has 3 nitrogen and oxygen atoms in total. The zero-order valence-corrected chi connectivity index (χ0v) is 13.2. The van der Waals surface area contributed by atoms with Crippen LogP contribution < -0.4 is 9.47 Å². The summed E-state index contributed by atoms with van der Waals surface area (Å²) in [7, 11) is 3.06. The monoisotopic (exact) mass is 352 g/mol. The molecule has 5 heteroatoms. The first kappa shape index (κ1) is 15.5. The van der Waals surface area contributed by atoms with Gasteiger partial charge < -0.3 is 9.47 Å². The number of ketones is 1. The summed E-state index contributed by atoms with van der Waals surface area (Å²) in [6.07, 6.45) is 0.176. The first-order chi connectivity index (χ1) is 10.0. The van der Waals surface area contributed by atoms with E-state index in [1.165, 1.54) is 20.3 Å². The Kier molecular flexibility index (Phi) is 4.96. The van der Waals surface area contributed by atoms with E-state index in [0.29, 0.717) is 21.5 Å². The normalized spacial score (nSPS) is 10.3. The molecule has 110 valence electrons. The SMILES string of the molecule is COc1cc(OC)cc(C(=O)Cc2ccc(F)c(Br)c2)c1. The third kappa shape index (κ3) is 3.82. The molecule has 0 amide bonds. The maximum absolute atomic E-state index is 13.2. The smallest absolute Gasteiger partial charge is 0.167 e. The van der Waals surface area contributed by atoms with Crippen molar-refractivity contribution in [2.24, 2.45) is 0 Å². The number of rotatable bonds is 5. The zero-order chi connectivity index (χ0) is 15.4. The van der Waals surface area contributed by atoms with Crippen LogP contribution in [-0.2, 0) is 6.42 Å². The van der Waals surface area contributed by atoms with Gasteiger partial charge in [0.1, 0.15) is 17.3 Å². The van der Waals surface area contributed by atoms with E-state index in [0.717, 1.165) is 5.56 Å². The Morgan fingerprint density at radius 3 is 2.24 bits per heavy atom. The lowest BCUT2D eigenvalue weighted by molar-refractivity contribution is 0.0992. The van der Waals surface area contributed by atoms with Gasteiger partial charge in [-0.05, 0) is 45.8 Å². The fraction of sp³-hybridized carbons (Fsp3) is 0.188. The predicted octanol–water partition coefficient (Wildman–Crippen LogP) is 4.03. The molecule has 0 bridgehead atoms. The van der Waals surface area contributed by atoms with Crippen LogP contribution in [0.1, 0.15) is 15.9 Å². The van der Waals surface area contributed by atoms with E-state index < -0.39 is 0 Å². The van der Waals surface area contributed by atoms with E-state index in [9.17, 15) is 9.18 Å². The number of hydrogen-bond acceptors (Lipinski definition) is 3. The van der Waals surface area contributed by atoms with Crippen LogP contribution in [0.4, 0.5) is 4.39 Å². The molecule has 21 heavy (non-hydrogen) atoms. The molecule has 0 radical (unpaired) electrons. The summed E-state index contributed by atoms with van der Waals surface area (Å²) >= 11 is 3.11. The number of Topliss-reactive ketones (excluding diaryl/α,β-unsaturated/α-hetero) is 1. The third-order valence-corrected chi connectivity index (χ3v) is 3.63. The molecule has 0 aromatic heterocycles. The summed E-state index contributed by atoms with van der Waals surface area (Å²) < 4.78 is 23.8. The van der Waals surface area contributed by atoms with Gasteiger partial charge in [0.05, 0.1) is 18.7 Å². The van der Waals surface area contributed by atoms with E-state index >= 15 is 0 Å². The number of methoxy groups -OCH3 is 2. The molecule has 0 N–H and O–H groups in total. The number of benzene rings is 2. The van der Waals surface area contributed by atoms with Crippen molar-refractivity contribution in [2.75, 3.05) is 14.2 Å². The quantitative estimate of drug-likeness (QED) is 0.762. The Labute approximate surface area is 130 Å². The highest BCUT2D eigenvalue weighted by Gasteiger charge is 2.12. The zero-order valence-electron chi connectivity index (χ0n) is 11.7. The second-order valence-corrected chi connectivity index (χ2v) is 5.30. The standard InChI is InChI=1S/C16H14BrFO3/c1-20-12-7-11(8-13(9-12)21-2)16(19)6-10-3-4-15(18)14(17)5-10/h3-5,7-9H,6H2,1-2H3. The van der Waals surface area contributed by atoms with Crippen molar-refractivity contribution in [1.29, 1.82) is 0 Å². The highest BCUT2D eigenvalue weighted by Crippen LogP contribution is 2.24. The molecule has 2 aromatic carbocycles. The van der Waals surface area contributed by atoms with Gasteiger partial charge in [0, 0.05) is 18.1 Å². The molecular formula is C16H14BrFO3. The van der Waals surface area contributed by atoms with E-state index in [4.69, 9.17) is 9.47 Å². The molecule has 0 aliphatic carbocycles. The van der Waals surface area contributed by atoms with Gasteiger partial charge in [-0.15, -0.1) is 0 Å². The molecule has 2 rings (SSSR count). The largest absolute Gasteiger partial charge is 0.497 e. The Balaban J connectivity index is 2.25. The van der Waals surface area contributed by atoms with E-state index in [2.05, 4.69) is 15.9 Å². The van der Waals surface area contributed by atoms with Crippen molar-refractivity contribution in [3.8, 4) is 11.5 Å². The maximum atomic E-state index is 13.2. The van der Waals surface area contributed by atoms with E-state index in [1.54, 1.807) is 30.3 Å². The Bertz CT molecular complexity index is 648. The van der Waals surface area contributed by atoms with Crippen molar-refractivity contribution in [3.05, 3.63) is 57.8 Å². The average molecular weight is 353 g/mol. The van der Waals surface area contributed by atoms with Gasteiger partial charge >= 0.3 is 0 Å². The fourth-order valence-electron chi connectivity index (χ4n) is 1.91. The molecule has 0 saturated carbocycles. The molecule has 0 heterocycles. The second-order valence-electron chi connectivity index (χ2n) is 4.45. The van der Waals surface area contributed by atoms with Crippen LogP contribution in [0, 0.1) is 5.82 Å². The van der Waals surface area contributed by atoms with Crippen LogP contribution >= 0.6 is 15.9 Å². The highest BCUT2D eigenvalue weighted by atomic mass is 79.9. The van der Waals surface area contributed by atoms with Crippen molar-refractivity contribution in [3.63, 3.8) is 0 Å². The number of carbonyl (C=O) groups is 1. The molecule has 0 atom stereocenters. The number of halogens is 2. The van der Waals surface area contributed by atoms with Crippen LogP contribution in [0.25, 0.3) is 0 Å². The van der Waals surface area contributed by atoms with Gasteiger partial charge in [-0.1, -0.05) is 6.07 Å². The van der Waals surface area contributed by atoms with Crippen LogP contribution in [0.5, 0.6) is 11.5 Å². The molecule has 0 unspecified atom stereocenters. The number of ether oxygens (including phenoxy) is 2. The molecule has 0 saturated heterocycles. The van der Waals surface area contributed by atoms with Crippen molar-refractivity contribution >= 4 is 21.7 Å². The minimum atomic E-state index is -0.353. The molecule has 0 fully saturated rings. The lowest BCUT2D eigenvalue weighted by Gasteiger charge is -2.08. The Morgan fingerprint density at radius 1 is 1.10 bits per heavy atom. The molecular weight excluding hydrogens is 339 g/mol. The first-order valence-corrected chi connectivity index (χ1v) is 7.03. The fourth-order valence-corrected chi connectivity index (χ4v) is 2.33. The molecule has 0 aliphatic rings. The number of carbonyl (C=O) groups excluding carboxylic acids is 1. The van der Waals surface area contributed by atoms with E-state index in [-0.39, 0.29) is 18.0 Å². The molecule has 2 aromatic rings. The molecule has 0 spiro atoms. The summed E-state index contributed by atoms with van der Waals surface area (Å²) in [4.78, 5) is 12.3. The predicted molar refractivity (Wildman–Crippen MR) is 81.7 cm³/mol. The van der Waals surface area contributed by atoms with Crippen LogP contribution in [0.2, 0.25) is 0 Å². The van der Waals surface area contributed by atoms with Gasteiger partial charge in [0.15, 0.2) is 5.78 Å². The van der Waals surface area contributed by atoms with Gasteiger partial charge in [-0.25, -0.2) is 4.39 Å². The summed E-state index contributed by atoms with van der Waals surface area (Å²) in [5, 5.41) is 0. The molecule has 0 aliphatic heterocycles. The minimum absolute atomic E-state index is 0.0919. The average Bonchev–Trinajstić information content (AvgIpc) is 2.50. The Morgan fingerprint density at radius 2 is 1.71 bits per heavy atom. The lowest BCUT2D eigenvalue weighted by Crippen LogP contribution is -2.04. The summed E-state index contributed by atoms with van der Waals surface area (Å²) in [5.74, 6) is 0.663. The number of hydrogen-bond donors (Lipinski definition) is 0.